The molecule has 8 heteroatoms. The molecule has 0 bridgehead atoms. The first-order valence-corrected chi connectivity index (χ1v) is 11.7. The van der Waals surface area contributed by atoms with Crippen LogP contribution in [0.4, 0.5) is 0 Å². The normalized spacial score (nSPS) is 14.0. The Hall–Kier alpha value is -4.59. The maximum Gasteiger partial charge on any atom is 0.244 e. The Kier molecular flexibility index (Phi) is 6.40. The molecule has 190 valence electrons. The van der Waals surface area contributed by atoms with Crippen molar-refractivity contribution in [2.45, 2.75) is 26.2 Å². The molecular formula is C29H26O8. The van der Waals surface area contributed by atoms with Crippen molar-refractivity contribution >= 4 is 11.0 Å². The van der Waals surface area contributed by atoms with Gasteiger partial charge >= 0.3 is 0 Å². The second kappa shape index (κ2) is 9.81. The van der Waals surface area contributed by atoms with Crippen LogP contribution >= 0.6 is 0 Å². The van der Waals surface area contributed by atoms with E-state index in [1.54, 1.807) is 38.1 Å². The minimum absolute atomic E-state index is 0.0775. The molecule has 0 unspecified atom stereocenters. The number of aromatic hydroxyl groups is 1. The molecule has 1 aromatic heterocycles. The second-order valence-corrected chi connectivity index (χ2v) is 8.92. The Balaban J connectivity index is 1.43. The molecule has 0 spiro atoms. The van der Waals surface area contributed by atoms with Crippen molar-refractivity contribution < 1.29 is 33.2 Å². The summed E-state index contributed by atoms with van der Waals surface area (Å²) in [5.41, 5.74) is 1.37. The summed E-state index contributed by atoms with van der Waals surface area (Å²) >= 11 is 0. The number of fused-ring (bicyclic) bond motifs is 1. The fourth-order valence-corrected chi connectivity index (χ4v) is 3.94. The van der Waals surface area contributed by atoms with Gasteiger partial charge < -0.3 is 33.2 Å². The number of hydrogen-bond donors (Lipinski definition) is 1. The zero-order valence-electron chi connectivity index (χ0n) is 20.6. The molecule has 1 N–H and O–H groups in total. The van der Waals surface area contributed by atoms with Crippen molar-refractivity contribution in [2.75, 3.05) is 13.7 Å². The van der Waals surface area contributed by atoms with Crippen molar-refractivity contribution in [3.05, 3.63) is 94.5 Å². The van der Waals surface area contributed by atoms with Crippen LogP contribution in [0.2, 0.25) is 0 Å². The zero-order valence-corrected chi connectivity index (χ0v) is 20.6. The van der Waals surface area contributed by atoms with Crippen molar-refractivity contribution in [2.24, 2.45) is 0 Å². The van der Waals surface area contributed by atoms with Gasteiger partial charge in [0.2, 0.25) is 5.79 Å². The molecule has 0 radical (unpaired) electrons. The van der Waals surface area contributed by atoms with Gasteiger partial charge in [-0.2, -0.15) is 0 Å². The summed E-state index contributed by atoms with van der Waals surface area (Å²) in [6.07, 6.45) is 1.52. The van der Waals surface area contributed by atoms with Crippen molar-refractivity contribution in [3.63, 3.8) is 0 Å². The van der Waals surface area contributed by atoms with Crippen LogP contribution in [0.3, 0.4) is 0 Å². The number of phenols is 1. The molecular weight excluding hydrogens is 476 g/mol. The molecule has 0 atom stereocenters. The summed E-state index contributed by atoms with van der Waals surface area (Å²) in [4.78, 5) is 12.9. The highest BCUT2D eigenvalue weighted by Gasteiger charge is 2.28. The molecule has 3 aromatic carbocycles. The van der Waals surface area contributed by atoms with E-state index in [-0.39, 0.29) is 28.8 Å². The lowest BCUT2D eigenvalue weighted by Crippen LogP contribution is -2.21. The van der Waals surface area contributed by atoms with Crippen molar-refractivity contribution in [1.82, 2.24) is 0 Å². The van der Waals surface area contributed by atoms with Gasteiger partial charge in [0.25, 0.3) is 0 Å². The molecule has 1 aliphatic heterocycles. The Morgan fingerprint density at radius 3 is 2.46 bits per heavy atom. The quantitative estimate of drug-likeness (QED) is 0.325. The first kappa shape index (κ1) is 24.1. The van der Waals surface area contributed by atoms with Crippen LogP contribution < -0.4 is 19.6 Å². The van der Waals surface area contributed by atoms with Crippen molar-refractivity contribution in [3.8, 4) is 34.3 Å². The van der Waals surface area contributed by atoms with Crippen LogP contribution in [-0.4, -0.2) is 24.6 Å². The summed E-state index contributed by atoms with van der Waals surface area (Å²) in [5.74, 6) is 1.18. The summed E-state index contributed by atoms with van der Waals surface area (Å²) in [7, 11) is 1.54. The van der Waals surface area contributed by atoms with E-state index in [9.17, 15) is 9.90 Å². The van der Waals surface area contributed by atoms with E-state index in [2.05, 4.69) is 0 Å². The molecule has 8 nitrogen and oxygen atoms in total. The van der Waals surface area contributed by atoms with Gasteiger partial charge in [-0.1, -0.05) is 30.3 Å². The standard InChI is InChI=1S/C29H26O8/c1-29(2)35-17-21(37-29)16-34-26-11-19(9-10-24(26)32-3)25-14-23(31)28-22(30)12-20(13-27(28)36-25)33-15-18-7-5-4-6-8-18/h4-14,17,30H,15-16H2,1-3H3. The van der Waals surface area contributed by atoms with Gasteiger partial charge in [-0.05, 0) is 23.8 Å². The third-order valence-electron chi connectivity index (χ3n) is 5.70. The predicted molar refractivity (Wildman–Crippen MR) is 137 cm³/mol. The fourth-order valence-electron chi connectivity index (χ4n) is 3.94. The molecule has 5 rings (SSSR count). The van der Waals surface area contributed by atoms with Gasteiger partial charge in [-0.25, -0.2) is 0 Å². The second-order valence-electron chi connectivity index (χ2n) is 8.92. The Morgan fingerprint density at radius 1 is 0.919 bits per heavy atom. The molecule has 0 saturated heterocycles. The number of hydrogen-bond acceptors (Lipinski definition) is 8. The van der Waals surface area contributed by atoms with E-state index >= 15 is 0 Å². The third kappa shape index (κ3) is 5.33. The molecule has 0 fully saturated rings. The minimum atomic E-state index is -0.742. The van der Waals surface area contributed by atoms with Gasteiger partial charge in [0, 0.05) is 37.6 Å². The average Bonchev–Trinajstić information content (AvgIpc) is 3.24. The maximum absolute atomic E-state index is 12.9. The molecule has 37 heavy (non-hydrogen) atoms. The molecule has 0 saturated carbocycles. The summed E-state index contributed by atoms with van der Waals surface area (Å²) in [5, 5.41) is 10.6. The van der Waals surface area contributed by atoms with E-state index in [4.69, 9.17) is 28.1 Å². The Bertz CT molecular complexity index is 1520. The fraction of sp³-hybridized carbons (Fsp3) is 0.207. The highest BCUT2D eigenvalue weighted by molar-refractivity contribution is 5.86. The van der Waals surface area contributed by atoms with Crippen LogP contribution in [0.1, 0.15) is 19.4 Å². The first-order chi connectivity index (χ1) is 17.8. The minimum Gasteiger partial charge on any atom is -0.507 e. The Morgan fingerprint density at radius 2 is 1.73 bits per heavy atom. The first-order valence-electron chi connectivity index (χ1n) is 11.7. The largest absolute Gasteiger partial charge is 0.507 e. The number of ether oxygens (including phenoxy) is 5. The number of benzene rings is 3. The van der Waals surface area contributed by atoms with E-state index in [1.807, 2.05) is 30.3 Å². The average molecular weight is 503 g/mol. The Labute approximate surface area is 213 Å². The van der Waals surface area contributed by atoms with Gasteiger partial charge in [0.15, 0.2) is 22.7 Å². The van der Waals surface area contributed by atoms with E-state index in [1.165, 1.54) is 25.5 Å². The van der Waals surface area contributed by atoms with E-state index in [0.717, 1.165) is 5.56 Å². The van der Waals surface area contributed by atoms with E-state index in [0.29, 0.717) is 40.9 Å². The lowest BCUT2D eigenvalue weighted by Gasteiger charge is -2.18. The highest BCUT2D eigenvalue weighted by atomic mass is 16.7. The number of methoxy groups -OCH3 is 1. The molecule has 2 heterocycles. The number of rotatable bonds is 8. The van der Waals surface area contributed by atoms with Gasteiger partial charge in [0.1, 0.15) is 47.7 Å². The predicted octanol–water partition coefficient (Wildman–Crippen LogP) is 5.76. The number of phenolic OH excluding ortho intramolecular Hbond substituents is 1. The van der Waals surface area contributed by atoms with Gasteiger partial charge in [0.05, 0.1) is 7.11 Å². The monoisotopic (exact) mass is 502 g/mol. The molecule has 0 aliphatic carbocycles. The lowest BCUT2D eigenvalue weighted by molar-refractivity contribution is -0.119. The van der Waals surface area contributed by atoms with Crippen LogP contribution in [0.25, 0.3) is 22.3 Å². The third-order valence-corrected chi connectivity index (χ3v) is 5.70. The zero-order chi connectivity index (χ0) is 26.0. The highest BCUT2D eigenvalue weighted by Crippen LogP contribution is 2.36. The van der Waals surface area contributed by atoms with Crippen LogP contribution in [-0.2, 0) is 16.1 Å². The van der Waals surface area contributed by atoms with Crippen LogP contribution in [0.5, 0.6) is 23.0 Å². The van der Waals surface area contributed by atoms with Gasteiger partial charge in [-0.15, -0.1) is 0 Å². The molecule has 4 aromatic rings. The molecule has 0 amide bonds. The van der Waals surface area contributed by atoms with E-state index < -0.39 is 5.79 Å². The summed E-state index contributed by atoms with van der Waals surface area (Å²) in [6, 6.07) is 19.1. The SMILES string of the molecule is COc1ccc(-c2cc(=O)c3c(O)cc(OCc4ccccc4)cc3o2)cc1OCC1=COC(C)(C)O1. The lowest BCUT2D eigenvalue weighted by atomic mass is 10.1. The summed E-state index contributed by atoms with van der Waals surface area (Å²) in [6.45, 7) is 4.03. The topological polar surface area (TPSA) is 96.6 Å². The summed E-state index contributed by atoms with van der Waals surface area (Å²) < 4.78 is 34.3. The van der Waals surface area contributed by atoms with Gasteiger partial charge in [-0.3, -0.25) is 4.79 Å². The maximum atomic E-state index is 12.9. The molecule has 1 aliphatic rings. The van der Waals surface area contributed by atoms with Crippen molar-refractivity contribution in [1.29, 1.82) is 0 Å². The smallest absolute Gasteiger partial charge is 0.244 e. The van der Waals surface area contributed by atoms with Crippen LogP contribution in [0.15, 0.2) is 88.0 Å². The van der Waals surface area contributed by atoms with Crippen LogP contribution in [0, 0.1) is 0 Å².